The first-order chi connectivity index (χ1) is 9.16. The van der Waals surface area contributed by atoms with E-state index in [4.69, 9.17) is 0 Å². The van der Waals surface area contributed by atoms with Crippen LogP contribution in [0.3, 0.4) is 0 Å². The Balaban J connectivity index is 1.60. The van der Waals surface area contributed by atoms with Gasteiger partial charge in [-0.15, -0.1) is 0 Å². The highest BCUT2D eigenvalue weighted by Gasteiger charge is 2.39. The summed E-state index contributed by atoms with van der Waals surface area (Å²) in [5.74, 6) is 0.359. The summed E-state index contributed by atoms with van der Waals surface area (Å²) in [6, 6.07) is 1.77. The Hall–Kier alpha value is -0.610. The first kappa shape index (κ1) is 13.4. The average molecular weight is 265 g/mol. The second-order valence-electron chi connectivity index (χ2n) is 6.63. The van der Waals surface area contributed by atoms with E-state index in [0.717, 1.165) is 6.54 Å². The van der Waals surface area contributed by atoms with Crippen LogP contribution in [0, 0.1) is 0 Å². The van der Waals surface area contributed by atoms with Crippen molar-refractivity contribution >= 4 is 5.91 Å². The third-order valence-electron chi connectivity index (χ3n) is 5.20. The van der Waals surface area contributed by atoms with Crippen LogP contribution in [-0.2, 0) is 4.79 Å². The van der Waals surface area contributed by atoms with Crippen molar-refractivity contribution in [2.24, 2.45) is 0 Å². The number of carbonyl (C=O) groups is 1. The molecule has 1 aliphatic carbocycles. The van der Waals surface area contributed by atoms with Crippen LogP contribution in [0.1, 0.15) is 38.5 Å². The topological polar surface area (TPSA) is 26.8 Å². The summed E-state index contributed by atoms with van der Waals surface area (Å²) in [4.78, 5) is 19.4. The molecule has 1 saturated carbocycles. The molecule has 19 heavy (non-hydrogen) atoms. The molecule has 0 aromatic carbocycles. The largest absolute Gasteiger partial charge is 0.337 e. The molecule has 3 aliphatic rings. The van der Waals surface area contributed by atoms with Crippen molar-refractivity contribution in [3.8, 4) is 0 Å². The van der Waals surface area contributed by atoms with Gasteiger partial charge in [0.25, 0.3) is 0 Å². The third kappa shape index (κ3) is 2.79. The van der Waals surface area contributed by atoms with E-state index in [0.29, 0.717) is 30.6 Å². The minimum absolute atomic E-state index is 0.359. The Labute approximate surface area is 116 Å². The molecule has 0 N–H and O–H groups in total. The Morgan fingerprint density at radius 1 is 1.11 bits per heavy atom. The first-order valence-corrected chi connectivity index (χ1v) is 7.87. The van der Waals surface area contributed by atoms with Crippen molar-refractivity contribution in [3.63, 3.8) is 0 Å². The van der Waals surface area contributed by atoms with Crippen LogP contribution in [0.4, 0.5) is 0 Å². The fraction of sp³-hybridized carbons (Fsp3) is 0.933. The van der Waals surface area contributed by atoms with Crippen LogP contribution >= 0.6 is 0 Å². The van der Waals surface area contributed by atoms with Gasteiger partial charge >= 0.3 is 0 Å². The Morgan fingerprint density at radius 2 is 1.79 bits per heavy atom. The molecule has 1 amide bonds. The number of rotatable bonds is 4. The van der Waals surface area contributed by atoms with Gasteiger partial charge in [0, 0.05) is 24.7 Å². The molecule has 2 saturated heterocycles. The smallest absolute Gasteiger partial charge is 0.237 e. The maximum Gasteiger partial charge on any atom is 0.237 e. The number of amides is 1. The summed E-state index contributed by atoms with van der Waals surface area (Å²) in [5, 5.41) is 0. The molecule has 4 nitrogen and oxygen atoms in total. The fourth-order valence-corrected chi connectivity index (χ4v) is 3.87. The highest BCUT2D eigenvalue weighted by Crippen LogP contribution is 2.30. The lowest BCUT2D eigenvalue weighted by molar-refractivity contribution is -0.134. The van der Waals surface area contributed by atoms with Crippen molar-refractivity contribution in [2.75, 3.05) is 33.7 Å². The summed E-state index contributed by atoms with van der Waals surface area (Å²) < 4.78 is 0. The zero-order valence-corrected chi connectivity index (χ0v) is 12.3. The predicted octanol–water partition coefficient (Wildman–Crippen LogP) is 1.17. The molecule has 2 atom stereocenters. The molecule has 0 aromatic heterocycles. The summed E-state index contributed by atoms with van der Waals surface area (Å²) in [7, 11) is 4.32. The van der Waals surface area contributed by atoms with Crippen LogP contribution < -0.4 is 0 Å². The zero-order valence-electron chi connectivity index (χ0n) is 12.3. The van der Waals surface area contributed by atoms with E-state index in [2.05, 4.69) is 28.8 Å². The van der Waals surface area contributed by atoms with Gasteiger partial charge in [0.1, 0.15) is 0 Å². The summed E-state index contributed by atoms with van der Waals surface area (Å²) in [6.07, 6.45) is 7.50. The van der Waals surface area contributed by atoms with Crippen LogP contribution in [0.5, 0.6) is 0 Å². The van der Waals surface area contributed by atoms with Gasteiger partial charge in [-0.05, 0) is 59.2 Å². The minimum atomic E-state index is 0.359. The first-order valence-electron chi connectivity index (χ1n) is 7.87. The van der Waals surface area contributed by atoms with E-state index in [1.54, 1.807) is 0 Å². The minimum Gasteiger partial charge on any atom is -0.337 e. The SMILES string of the molecule is CN(CC(=O)N1CCCC1C1CCCN1C)C1CC1. The maximum atomic E-state index is 12.5. The van der Waals surface area contributed by atoms with Crippen LogP contribution in [0.15, 0.2) is 0 Å². The fourth-order valence-electron chi connectivity index (χ4n) is 3.87. The molecule has 2 heterocycles. The number of nitrogens with zero attached hydrogens (tertiary/aromatic N) is 3. The second kappa shape index (κ2) is 5.41. The van der Waals surface area contributed by atoms with E-state index in [-0.39, 0.29) is 0 Å². The van der Waals surface area contributed by atoms with Crippen LogP contribution in [-0.4, -0.2) is 72.5 Å². The zero-order chi connectivity index (χ0) is 13.4. The Bertz CT molecular complexity index is 342. The number of hydrogen-bond donors (Lipinski definition) is 0. The van der Waals surface area contributed by atoms with Gasteiger partial charge in [0.15, 0.2) is 0 Å². The predicted molar refractivity (Wildman–Crippen MR) is 76.0 cm³/mol. The summed E-state index contributed by atoms with van der Waals surface area (Å²) >= 11 is 0. The van der Waals surface area contributed by atoms with E-state index in [9.17, 15) is 4.79 Å². The van der Waals surface area contributed by atoms with E-state index < -0.39 is 0 Å². The summed E-state index contributed by atoms with van der Waals surface area (Å²) in [5.41, 5.74) is 0. The molecule has 108 valence electrons. The molecule has 3 fully saturated rings. The van der Waals surface area contributed by atoms with E-state index >= 15 is 0 Å². The number of carbonyl (C=O) groups excluding carboxylic acids is 1. The maximum absolute atomic E-state index is 12.5. The molecule has 0 aromatic rings. The highest BCUT2D eigenvalue weighted by atomic mass is 16.2. The molecule has 3 rings (SSSR count). The van der Waals surface area contributed by atoms with Gasteiger partial charge in [-0.25, -0.2) is 0 Å². The monoisotopic (exact) mass is 265 g/mol. The molecule has 4 heteroatoms. The van der Waals surface area contributed by atoms with Gasteiger partial charge in [-0.2, -0.15) is 0 Å². The van der Waals surface area contributed by atoms with Crippen molar-refractivity contribution in [3.05, 3.63) is 0 Å². The number of hydrogen-bond acceptors (Lipinski definition) is 3. The molecular weight excluding hydrogens is 238 g/mol. The van der Waals surface area contributed by atoms with Crippen molar-refractivity contribution < 1.29 is 4.79 Å². The van der Waals surface area contributed by atoms with Gasteiger partial charge < -0.3 is 9.80 Å². The molecule has 0 spiro atoms. The molecule has 0 radical (unpaired) electrons. The summed E-state index contributed by atoms with van der Waals surface area (Å²) in [6.45, 7) is 2.80. The van der Waals surface area contributed by atoms with E-state index in [1.165, 1.54) is 45.1 Å². The average Bonchev–Trinajstić information content (AvgIpc) is 2.97. The molecule has 2 aliphatic heterocycles. The van der Waals surface area contributed by atoms with E-state index in [1.807, 2.05) is 0 Å². The number of likely N-dealkylation sites (tertiary alicyclic amines) is 2. The van der Waals surface area contributed by atoms with Crippen LogP contribution in [0.25, 0.3) is 0 Å². The lowest BCUT2D eigenvalue weighted by atomic mass is 10.0. The van der Waals surface area contributed by atoms with Crippen molar-refractivity contribution in [2.45, 2.75) is 56.7 Å². The molecular formula is C15H27N3O. The Morgan fingerprint density at radius 3 is 2.42 bits per heavy atom. The van der Waals surface area contributed by atoms with Gasteiger partial charge in [-0.1, -0.05) is 0 Å². The lowest BCUT2D eigenvalue weighted by Crippen LogP contribution is -2.49. The third-order valence-corrected chi connectivity index (χ3v) is 5.20. The normalized spacial score (nSPS) is 32.5. The quantitative estimate of drug-likeness (QED) is 0.763. The van der Waals surface area contributed by atoms with Gasteiger partial charge in [-0.3, -0.25) is 9.69 Å². The standard InChI is InChI=1S/C15H27N3O/c1-16-9-3-5-13(16)14-6-4-10-18(14)15(19)11-17(2)12-7-8-12/h12-14H,3-11H2,1-2H3. The van der Waals surface area contributed by atoms with Crippen molar-refractivity contribution in [1.29, 1.82) is 0 Å². The van der Waals surface area contributed by atoms with Gasteiger partial charge in [0.2, 0.25) is 5.91 Å². The second-order valence-corrected chi connectivity index (χ2v) is 6.63. The number of likely N-dealkylation sites (N-methyl/N-ethyl adjacent to an activating group) is 2. The van der Waals surface area contributed by atoms with Crippen LogP contribution in [0.2, 0.25) is 0 Å². The highest BCUT2D eigenvalue weighted by molar-refractivity contribution is 5.79. The molecule has 2 unspecified atom stereocenters. The Kier molecular flexibility index (Phi) is 3.81. The van der Waals surface area contributed by atoms with Gasteiger partial charge in [0.05, 0.1) is 6.54 Å². The van der Waals surface area contributed by atoms with Crippen molar-refractivity contribution in [1.82, 2.24) is 14.7 Å². The molecule has 0 bridgehead atoms. The lowest BCUT2D eigenvalue weighted by Gasteiger charge is -2.34.